The van der Waals surface area contributed by atoms with E-state index < -0.39 is 0 Å². The van der Waals surface area contributed by atoms with Gasteiger partial charge in [0.15, 0.2) is 0 Å². The molecular formula is C18H14FIS. The number of halogens is 2. The summed E-state index contributed by atoms with van der Waals surface area (Å²) >= 11 is 4.27. The van der Waals surface area contributed by atoms with E-state index in [1.807, 2.05) is 6.92 Å². The van der Waals surface area contributed by atoms with Gasteiger partial charge in [-0.1, -0.05) is 53.8 Å². The summed E-state index contributed by atoms with van der Waals surface area (Å²) in [5.74, 6) is 0.00817. The topological polar surface area (TPSA) is 0 Å². The minimum Gasteiger partial charge on any atom is -0.211 e. The lowest BCUT2D eigenvalue weighted by Crippen LogP contribution is -2.08. The second-order valence-corrected chi connectivity index (χ2v) is 7.85. The predicted octanol–water partition coefficient (Wildman–Crippen LogP) is 6.55. The maximum Gasteiger partial charge on any atom is 0.104 e. The van der Waals surface area contributed by atoms with Crippen LogP contribution in [0, 0.1) is 5.92 Å². The van der Waals surface area contributed by atoms with E-state index in [0.717, 1.165) is 12.0 Å². The molecule has 1 heterocycles. The van der Waals surface area contributed by atoms with Crippen molar-refractivity contribution in [1.29, 1.82) is 0 Å². The summed E-state index contributed by atoms with van der Waals surface area (Å²) in [4.78, 5) is 1.27. The second-order valence-electron chi connectivity index (χ2n) is 5.69. The van der Waals surface area contributed by atoms with Crippen molar-refractivity contribution in [3.8, 4) is 10.4 Å². The first-order chi connectivity index (χ1) is 10.2. The van der Waals surface area contributed by atoms with Crippen LogP contribution in [-0.4, -0.2) is 0 Å². The van der Waals surface area contributed by atoms with Gasteiger partial charge in [-0.05, 0) is 46.2 Å². The quantitative estimate of drug-likeness (QED) is 0.343. The zero-order valence-corrected chi connectivity index (χ0v) is 14.5. The van der Waals surface area contributed by atoms with Crippen molar-refractivity contribution in [2.24, 2.45) is 5.92 Å². The Morgan fingerprint density at radius 1 is 1.19 bits per heavy atom. The third-order valence-electron chi connectivity index (χ3n) is 4.36. The molecule has 2 atom stereocenters. The molecular weight excluding hydrogens is 394 g/mol. The predicted molar refractivity (Wildman–Crippen MR) is 96.4 cm³/mol. The van der Waals surface area contributed by atoms with Crippen LogP contribution in [0.2, 0.25) is 0 Å². The highest BCUT2D eigenvalue weighted by Gasteiger charge is 2.31. The molecule has 2 unspecified atom stereocenters. The fourth-order valence-electron chi connectivity index (χ4n) is 3.24. The number of hydrogen-bond donors (Lipinski definition) is 0. The Bertz CT molecular complexity index is 784. The van der Waals surface area contributed by atoms with Crippen LogP contribution in [0.4, 0.5) is 4.39 Å². The third kappa shape index (κ3) is 2.05. The van der Waals surface area contributed by atoms with E-state index in [-0.39, 0.29) is 11.7 Å². The molecule has 3 heteroatoms. The molecule has 0 radical (unpaired) electrons. The minimum atomic E-state index is -0.00614. The Kier molecular flexibility index (Phi) is 3.30. The molecule has 0 amide bonds. The third-order valence-corrected chi connectivity index (χ3v) is 6.74. The summed E-state index contributed by atoms with van der Waals surface area (Å²) in [6.07, 6.45) is 2.58. The number of thiophene rings is 1. The van der Waals surface area contributed by atoms with Crippen LogP contribution >= 0.6 is 33.9 Å². The molecule has 106 valence electrons. The van der Waals surface area contributed by atoms with Crippen molar-refractivity contribution < 1.29 is 4.39 Å². The molecule has 1 aromatic carbocycles. The Morgan fingerprint density at radius 2 is 2.00 bits per heavy atom. The lowest BCUT2D eigenvalue weighted by Gasteiger charge is -2.24. The van der Waals surface area contributed by atoms with Gasteiger partial charge in [0.2, 0.25) is 0 Å². The maximum absolute atomic E-state index is 14.2. The summed E-state index contributed by atoms with van der Waals surface area (Å²) in [5.41, 5.74) is 6.34. The highest BCUT2D eigenvalue weighted by molar-refractivity contribution is 14.1. The van der Waals surface area contributed by atoms with Crippen molar-refractivity contribution >= 4 is 39.5 Å². The molecule has 1 aromatic heterocycles. The molecule has 0 fully saturated rings. The first-order valence-electron chi connectivity index (χ1n) is 7.08. The lowest BCUT2D eigenvalue weighted by atomic mass is 9.85. The van der Waals surface area contributed by atoms with Gasteiger partial charge < -0.3 is 0 Å². The number of alkyl halides is 1. The fourth-order valence-corrected chi connectivity index (χ4v) is 5.33. The molecule has 4 rings (SSSR count). The van der Waals surface area contributed by atoms with Gasteiger partial charge in [-0.15, -0.1) is 11.3 Å². The Hall–Kier alpha value is -0.940. The highest BCUT2D eigenvalue weighted by Crippen LogP contribution is 2.52. The number of allylic oxidation sites excluding steroid dienone is 4. The molecule has 2 aliphatic carbocycles. The lowest BCUT2D eigenvalue weighted by molar-refractivity contribution is 0.482. The van der Waals surface area contributed by atoms with Gasteiger partial charge in [0.05, 0.1) is 3.92 Å². The van der Waals surface area contributed by atoms with Crippen LogP contribution in [0.1, 0.15) is 28.4 Å². The molecule has 0 aliphatic heterocycles. The minimum absolute atomic E-state index is 0.00614. The van der Waals surface area contributed by atoms with E-state index >= 15 is 0 Å². The van der Waals surface area contributed by atoms with Crippen molar-refractivity contribution in [2.45, 2.75) is 17.3 Å². The zero-order chi connectivity index (χ0) is 14.6. The number of fused-ring (bicyclic) bond motifs is 4. The molecule has 0 N–H and O–H groups in total. The first kappa shape index (κ1) is 13.7. The Morgan fingerprint density at radius 3 is 2.86 bits per heavy atom. The van der Waals surface area contributed by atoms with Crippen molar-refractivity contribution in [3.05, 3.63) is 64.3 Å². The summed E-state index contributed by atoms with van der Waals surface area (Å²) in [7, 11) is 0. The van der Waals surface area contributed by atoms with Crippen LogP contribution in [-0.2, 0) is 0 Å². The largest absolute Gasteiger partial charge is 0.211 e. The Labute approximate surface area is 141 Å². The van der Waals surface area contributed by atoms with E-state index in [1.54, 1.807) is 17.4 Å². The SMILES string of the molecule is CC1CC2=C(C=C1F)c1ccsc1-c1ccccc1C2I. The van der Waals surface area contributed by atoms with Gasteiger partial charge in [-0.25, -0.2) is 4.39 Å². The van der Waals surface area contributed by atoms with Crippen molar-refractivity contribution in [2.75, 3.05) is 0 Å². The molecule has 2 aromatic rings. The van der Waals surface area contributed by atoms with Crippen molar-refractivity contribution in [3.63, 3.8) is 0 Å². The van der Waals surface area contributed by atoms with E-state index in [2.05, 4.69) is 58.3 Å². The van der Waals surface area contributed by atoms with Gasteiger partial charge in [0.25, 0.3) is 0 Å². The van der Waals surface area contributed by atoms with Gasteiger partial charge >= 0.3 is 0 Å². The average Bonchev–Trinajstić information content (AvgIpc) is 2.95. The number of hydrogen-bond acceptors (Lipinski definition) is 1. The fraction of sp³-hybridized carbons (Fsp3) is 0.222. The molecule has 0 bridgehead atoms. The van der Waals surface area contributed by atoms with E-state index in [1.165, 1.54) is 27.1 Å². The zero-order valence-electron chi connectivity index (χ0n) is 11.6. The maximum atomic E-state index is 14.2. The first-order valence-corrected chi connectivity index (χ1v) is 9.20. The summed E-state index contributed by atoms with van der Waals surface area (Å²) in [6.45, 7) is 1.98. The van der Waals surface area contributed by atoms with E-state index in [9.17, 15) is 4.39 Å². The van der Waals surface area contributed by atoms with Crippen LogP contribution in [0.15, 0.2) is 53.2 Å². The van der Waals surface area contributed by atoms with Crippen LogP contribution in [0.3, 0.4) is 0 Å². The summed E-state index contributed by atoms with van der Waals surface area (Å²) in [5, 5.41) is 2.11. The molecule has 0 spiro atoms. The van der Waals surface area contributed by atoms with Crippen molar-refractivity contribution in [1.82, 2.24) is 0 Å². The highest BCUT2D eigenvalue weighted by atomic mass is 127. The molecule has 21 heavy (non-hydrogen) atoms. The monoisotopic (exact) mass is 408 g/mol. The molecule has 0 nitrogen and oxygen atoms in total. The molecule has 2 aliphatic rings. The normalized spacial score (nSPS) is 23.9. The van der Waals surface area contributed by atoms with Gasteiger partial charge in [-0.3, -0.25) is 0 Å². The van der Waals surface area contributed by atoms with Crippen LogP contribution < -0.4 is 0 Å². The van der Waals surface area contributed by atoms with E-state index in [4.69, 9.17) is 0 Å². The van der Waals surface area contributed by atoms with E-state index in [0.29, 0.717) is 3.92 Å². The number of benzene rings is 1. The van der Waals surface area contributed by atoms with Gasteiger partial charge in [0, 0.05) is 16.4 Å². The number of rotatable bonds is 0. The van der Waals surface area contributed by atoms with Crippen LogP contribution in [0.25, 0.3) is 16.0 Å². The smallest absolute Gasteiger partial charge is 0.104 e. The summed E-state index contributed by atoms with van der Waals surface area (Å²) in [6, 6.07) is 10.7. The summed E-state index contributed by atoms with van der Waals surface area (Å²) < 4.78 is 14.5. The van der Waals surface area contributed by atoms with Crippen LogP contribution in [0.5, 0.6) is 0 Å². The molecule has 0 saturated carbocycles. The second kappa shape index (κ2) is 5.06. The standard InChI is InChI=1S/C18H14FIS/c1-10-8-15-14(9-16(10)19)13-6-7-21-18(13)12-5-3-2-4-11(12)17(15)20/h2-7,9-10,17H,8H2,1H3. The molecule has 0 saturated heterocycles. The van der Waals surface area contributed by atoms with Gasteiger partial charge in [-0.2, -0.15) is 0 Å². The average molecular weight is 408 g/mol. The van der Waals surface area contributed by atoms with Gasteiger partial charge in [0.1, 0.15) is 5.83 Å². The Balaban J connectivity index is 2.05.